The van der Waals surface area contributed by atoms with Gasteiger partial charge in [-0.1, -0.05) is 6.92 Å². The second-order valence-corrected chi connectivity index (χ2v) is 2.79. The summed E-state index contributed by atoms with van der Waals surface area (Å²) in [6.07, 6.45) is 4.91. The van der Waals surface area contributed by atoms with E-state index in [0.717, 1.165) is 13.1 Å². The first-order chi connectivity index (χ1) is 5.88. The van der Waals surface area contributed by atoms with Gasteiger partial charge in [0.25, 0.3) is 0 Å². The van der Waals surface area contributed by atoms with E-state index in [-0.39, 0.29) is 0 Å². The van der Waals surface area contributed by atoms with E-state index < -0.39 is 0 Å². The number of pyridine rings is 1. The lowest BCUT2D eigenvalue weighted by Gasteiger charge is -2.21. The van der Waals surface area contributed by atoms with Gasteiger partial charge in [-0.3, -0.25) is 4.98 Å². The monoisotopic (exact) mass is 164 g/mol. The van der Waals surface area contributed by atoms with Crippen LogP contribution < -0.4 is 4.90 Å². The van der Waals surface area contributed by atoms with Crippen molar-refractivity contribution in [2.24, 2.45) is 0 Å². The van der Waals surface area contributed by atoms with E-state index in [9.17, 15) is 0 Å². The molecule has 0 amide bonds. The lowest BCUT2D eigenvalue weighted by atomic mass is 10.3. The Morgan fingerprint density at radius 2 is 2.25 bits per heavy atom. The van der Waals surface area contributed by atoms with Crippen LogP contribution in [0.3, 0.4) is 0 Å². The molecule has 0 aliphatic carbocycles. The maximum absolute atomic E-state index is 4.09. The lowest BCUT2D eigenvalue weighted by molar-refractivity contribution is 0.789. The van der Waals surface area contributed by atoms with Crippen LogP contribution in [0.4, 0.5) is 5.69 Å². The highest BCUT2D eigenvalue weighted by Crippen LogP contribution is 2.10. The maximum atomic E-state index is 4.09. The van der Waals surface area contributed by atoms with E-state index in [4.69, 9.17) is 0 Å². The average molecular weight is 164 g/mol. The van der Waals surface area contributed by atoms with Gasteiger partial charge in [0.1, 0.15) is 0 Å². The molecule has 1 aromatic heterocycles. The topological polar surface area (TPSA) is 16.1 Å². The predicted molar refractivity (Wildman–Crippen MR) is 52.4 cm³/mol. The van der Waals surface area contributed by atoms with Crippen molar-refractivity contribution in [3.63, 3.8) is 0 Å². The fourth-order valence-electron chi connectivity index (χ4n) is 1.28. The third-order valence-electron chi connectivity index (χ3n) is 1.89. The molecule has 0 atom stereocenters. The van der Waals surface area contributed by atoms with Gasteiger partial charge < -0.3 is 4.90 Å². The second-order valence-electron chi connectivity index (χ2n) is 2.79. The molecule has 0 unspecified atom stereocenters. The van der Waals surface area contributed by atoms with Gasteiger partial charge in [-0.05, 0) is 25.5 Å². The van der Waals surface area contributed by atoms with Crippen molar-refractivity contribution in [3.05, 3.63) is 24.5 Å². The highest BCUT2D eigenvalue weighted by atomic mass is 15.1. The summed E-state index contributed by atoms with van der Waals surface area (Å²) in [6, 6.07) is 4.08. The fourth-order valence-corrected chi connectivity index (χ4v) is 1.28. The highest BCUT2D eigenvalue weighted by Gasteiger charge is 2.00. The zero-order chi connectivity index (χ0) is 8.81. The minimum absolute atomic E-state index is 1.06. The standard InChI is InChI=1S/C10H16N2/c1-3-8-12(4-2)10-6-5-7-11-9-10/h5-7,9H,3-4,8H2,1-2H3. The molecule has 1 aromatic rings. The Morgan fingerprint density at radius 1 is 1.42 bits per heavy atom. The Balaban J connectivity index is 2.66. The lowest BCUT2D eigenvalue weighted by Crippen LogP contribution is -2.23. The molecular weight excluding hydrogens is 148 g/mol. The first-order valence-corrected chi connectivity index (χ1v) is 4.53. The van der Waals surface area contributed by atoms with Crippen LogP contribution >= 0.6 is 0 Å². The third-order valence-corrected chi connectivity index (χ3v) is 1.89. The van der Waals surface area contributed by atoms with Crippen LogP contribution in [0.5, 0.6) is 0 Å². The Hall–Kier alpha value is -1.05. The number of aromatic nitrogens is 1. The van der Waals surface area contributed by atoms with Crippen LogP contribution in [0.15, 0.2) is 24.5 Å². The molecule has 0 spiro atoms. The quantitative estimate of drug-likeness (QED) is 0.679. The Kier molecular flexibility index (Phi) is 3.58. The molecule has 0 aliphatic rings. The summed E-state index contributed by atoms with van der Waals surface area (Å²) >= 11 is 0. The number of rotatable bonds is 4. The number of hydrogen-bond donors (Lipinski definition) is 0. The van der Waals surface area contributed by atoms with Crippen molar-refractivity contribution in [3.8, 4) is 0 Å². The van der Waals surface area contributed by atoms with Gasteiger partial charge in [-0.2, -0.15) is 0 Å². The van der Waals surface area contributed by atoms with Crippen LogP contribution in [0, 0.1) is 0 Å². The van der Waals surface area contributed by atoms with Gasteiger partial charge in [-0.25, -0.2) is 0 Å². The van der Waals surface area contributed by atoms with Crippen molar-refractivity contribution < 1.29 is 0 Å². The molecular formula is C10H16N2. The molecule has 0 fully saturated rings. The van der Waals surface area contributed by atoms with E-state index in [1.54, 1.807) is 0 Å². The van der Waals surface area contributed by atoms with Crippen molar-refractivity contribution >= 4 is 5.69 Å². The molecule has 1 heterocycles. The molecule has 0 saturated carbocycles. The zero-order valence-electron chi connectivity index (χ0n) is 7.83. The smallest absolute Gasteiger partial charge is 0.0552 e. The van der Waals surface area contributed by atoms with E-state index in [1.165, 1.54) is 12.1 Å². The SMILES string of the molecule is CCCN(CC)c1cccnc1. The predicted octanol–water partition coefficient (Wildman–Crippen LogP) is 2.32. The molecule has 2 nitrogen and oxygen atoms in total. The molecule has 0 radical (unpaired) electrons. The van der Waals surface area contributed by atoms with Crippen LogP contribution in [0.1, 0.15) is 20.3 Å². The van der Waals surface area contributed by atoms with Gasteiger partial charge in [-0.15, -0.1) is 0 Å². The van der Waals surface area contributed by atoms with Crippen LogP contribution in [-0.2, 0) is 0 Å². The largest absolute Gasteiger partial charge is 0.371 e. The molecule has 0 N–H and O–H groups in total. The fraction of sp³-hybridized carbons (Fsp3) is 0.500. The summed E-state index contributed by atoms with van der Waals surface area (Å²) in [5.74, 6) is 0. The van der Waals surface area contributed by atoms with Crippen molar-refractivity contribution in [2.75, 3.05) is 18.0 Å². The minimum Gasteiger partial charge on any atom is -0.371 e. The first-order valence-electron chi connectivity index (χ1n) is 4.53. The number of hydrogen-bond acceptors (Lipinski definition) is 2. The van der Waals surface area contributed by atoms with E-state index in [2.05, 4.69) is 29.8 Å². The van der Waals surface area contributed by atoms with Crippen LogP contribution in [0.2, 0.25) is 0 Å². The van der Waals surface area contributed by atoms with Gasteiger partial charge in [0.15, 0.2) is 0 Å². The molecule has 66 valence electrons. The highest BCUT2D eigenvalue weighted by molar-refractivity contribution is 5.43. The Bertz CT molecular complexity index is 208. The maximum Gasteiger partial charge on any atom is 0.0552 e. The van der Waals surface area contributed by atoms with E-state index in [1.807, 2.05) is 18.5 Å². The molecule has 12 heavy (non-hydrogen) atoms. The molecule has 1 rings (SSSR count). The summed E-state index contributed by atoms with van der Waals surface area (Å²) in [6.45, 7) is 6.53. The van der Waals surface area contributed by atoms with Crippen molar-refractivity contribution in [1.29, 1.82) is 0 Å². The average Bonchev–Trinajstić information content (AvgIpc) is 2.15. The summed E-state index contributed by atoms with van der Waals surface area (Å²) in [7, 11) is 0. The summed E-state index contributed by atoms with van der Waals surface area (Å²) in [4.78, 5) is 6.42. The zero-order valence-corrected chi connectivity index (χ0v) is 7.83. The molecule has 0 aliphatic heterocycles. The Labute approximate surface area is 74.2 Å². The normalized spacial score (nSPS) is 9.83. The third kappa shape index (κ3) is 2.22. The Morgan fingerprint density at radius 3 is 2.75 bits per heavy atom. The van der Waals surface area contributed by atoms with E-state index in [0.29, 0.717) is 0 Å². The van der Waals surface area contributed by atoms with Crippen LogP contribution in [0.25, 0.3) is 0 Å². The number of anilines is 1. The van der Waals surface area contributed by atoms with Gasteiger partial charge in [0.2, 0.25) is 0 Å². The van der Waals surface area contributed by atoms with Gasteiger partial charge in [0.05, 0.1) is 11.9 Å². The van der Waals surface area contributed by atoms with Crippen molar-refractivity contribution in [2.45, 2.75) is 20.3 Å². The molecule has 0 aromatic carbocycles. The van der Waals surface area contributed by atoms with E-state index >= 15 is 0 Å². The molecule has 0 saturated heterocycles. The summed E-state index contributed by atoms with van der Waals surface area (Å²) in [5.41, 5.74) is 1.22. The minimum atomic E-state index is 1.06. The summed E-state index contributed by atoms with van der Waals surface area (Å²) in [5, 5.41) is 0. The first kappa shape index (κ1) is 9.04. The molecule has 0 bridgehead atoms. The van der Waals surface area contributed by atoms with Crippen molar-refractivity contribution in [1.82, 2.24) is 4.98 Å². The second kappa shape index (κ2) is 4.75. The van der Waals surface area contributed by atoms with Gasteiger partial charge in [0, 0.05) is 19.3 Å². The molecule has 2 heteroatoms. The van der Waals surface area contributed by atoms with Crippen LogP contribution in [-0.4, -0.2) is 18.1 Å². The van der Waals surface area contributed by atoms with Gasteiger partial charge >= 0.3 is 0 Å². The number of nitrogens with zero attached hydrogens (tertiary/aromatic N) is 2. The summed E-state index contributed by atoms with van der Waals surface area (Å²) < 4.78 is 0.